The molecule has 3 nitrogen and oxygen atoms in total. The largest absolute Gasteiger partial charge is 0.327 e. The van der Waals surface area contributed by atoms with Crippen molar-refractivity contribution in [3.63, 3.8) is 0 Å². The highest BCUT2D eigenvalue weighted by Crippen LogP contribution is 2.35. The van der Waals surface area contributed by atoms with Gasteiger partial charge in [-0.3, -0.25) is 4.90 Å². The lowest BCUT2D eigenvalue weighted by Gasteiger charge is -2.58. The van der Waals surface area contributed by atoms with E-state index in [-0.39, 0.29) is 0 Å². The summed E-state index contributed by atoms with van der Waals surface area (Å²) >= 11 is 0. The molecule has 0 bridgehead atoms. The minimum Gasteiger partial charge on any atom is -0.327 e. The van der Waals surface area contributed by atoms with E-state index in [1.807, 2.05) is 0 Å². The third kappa shape index (κ3) is 1.16. The summed E-state index contributed by atoms with van der Waals surface area (Å²) < 4.78 is 0. The number of hydrogen-bond donors (Lipinski definition) is 2. The fourth-order valence-electron chi connectivity index (χ4n) is 2.14. The third-order valence-corrected chi connectivity index (χ3v) is 3.41. The molecule has 0 aromatic heterocycles. The van der Waals surface area contributed by atoms with Gasteiger partial charge in [0.05, 0.1) is 0 Å². The van der Waals surface area contributed by atoms with Crippen LogP contribution in [0.3, 0.4) is 0 Å². The van der Waals surface area contributed by atoms with Gasteiger partial charge in [0, 0.05) is 43.7 Å². The van der Waals surface area contributed by atoms with E-state index in [1.165, 1.54) is 26.2 Å². The molecule has 0 saturated carbocycles. The average Bonchev–Trinajstić information content (AvgIpc) is 1.80. The zero-order valence-corrected chi connectivity index (χ0v) is 8.01. The summed E-state index contributed by atoms with van der Waals surface area (Å²) in [5.41, 5.74) is 6.48. The van der Waals surface area contributed by atoms with Gasteiger partial charge in [0.15, 0.2) is 0 Å². The highest BCUT2D eigenvalue weighted by molar-refractivity contribution is 5.05. The molecule has 2 fully saturated rings. The van der Waals surface area contributed by atoms with E-state index in [4.69, 9.17) is 5.73 Å². The molecule has 0 aromatic carbocycles. The van der Waals surface area contributed by atoms with Crippen molar-refractivity contribution in [2.24, 2.45) is 11.1 Å². The molecule has 2 heterocycles. The third-order valence-electron chi connectivity index (χ3n) is 3.41. The summed E-state index contributed by atoms with van der Waals surface area (Å²) in [4.78, 5) is 2.49. The van der Waals surface area contributed by atoms with Gasteiger partial charge in [-0.1, -0.05) is 0 Å². The maximum absolute atomic E-state index is 5.84. The molecule has 12 heavy (non-hydrogen) atoms. The number of nitrogens with two attached hydrogens (primary N) is 1. The second-order valence-corrected chi connectivity index (χ2v) is 4.61. The lowest BCUT2D eigenvalue weighted by Crippen LogP contribution is -2.73. The van der Waals surface area contributed by atoms with E-state index in [9.17, 15) is 0 Å². The van der Waals surface area contributed by atoms with Crippen LogP contribution in [0.4, 0.5) is 0 Å². The minimum absolute atomic E-state index is 0.301. The monoisotopic (exact) mass is 169 g/mol. The highest BCUT2D eigenvalue weighted by atomic mass is 15.3. The normalized spacial score (nSPS) is 32.2. The van der Waals surface area contributed by atoms with E-state index in [2.05, 4.69) is 24.1 Å². The molecule has 1 unspecified atom stereocenters. The van der Waals surface area contributed by atoms with Gasteiger partial charge in [0.25, 0.3) is 0 Å². The zero-order chi connectivity index (χ0) is 8.77. The summed E-state index contributed by atoms with van der Waals surface area (Å²) in [5.74, 6) is 0. The molecule has 2 saturated heterocycles. The molecule has 2 aliphatic heterocycles. The van der Waals surface area contributed by atoms with Gasteiger partial charge in [-0.25, -0.2) is 0 Å². The van der Waals surface area contributed by atoms with E-state index < -0.39 is 0 Å². The summed E-state index contributed by atoms with van der Waals surface area (Å²) in [6.45, 7) is 9.26. The Morgan fingerprint density at radius 1 is 1.33 bits per heavy atom. The second kappa shape index (κ2) is 2.69. The number of nitrogens with zero attached hydrogens (tertiary/aromatic N) is 1. The predicted molar refractivity (Wildman–Crippen MR) is 50.0 cm³/mol. The first-order valence-electron chi connectivity index (χ1n) is 4.83. The average molecular weight is 169 g/mol. The number of nitrogens with one attached hydrogen (secondary N) is 1. The Kier molecular flexibility index (Phi) is 1.90. The molecule has 3 heteroatoms. The molecule has 0 aliphatic carbocycles. The van der Waals surface area contributed by atoms with Gasteiger partial charge in [-0.2, -0.15) is 0 Å². The molecule has 2 aliphatic rings. The van der Waals surface area contributed by atoms with Crippen LogP contribution in [0, 0.1) is 5.41 Å². The number of rotatable bonds is 2. The molecule has 1 spiro atoms. The van der Waals surface area contributed by atoms with Crippen LogP contribution in [-0.2, 0) is 0 Å². The first kappa shape index (κ1) is 8.48. The molecule has 70 valence electrons. The van der Waals surface area contributed by atoms with Gasteiger partial charge in [-0.15, -0.1) is 0 Å². The summed E-state index contributed by atoms with van der Waals surface area (Å²) in [5, 5.41) is 3.33. The fraction of sp³-hybridized carbons (Fsp3) is 1.00. The predicted octanol–water partition coefficient (Wildman–Crippen LogP) is -0.373. The van der Waals surface area contributed by atoms with Crippen LogP contribution in [0.5, 0.6) is 0 Å². The quantitative estimate of drug-likeness (QED) is 0.592. The van der Waals surface area contributed by atoms with Crippen LogP contribution in [0.15, 0.2) is 0 Å². The van der Waals surface area contributed by atoms with E-state index in [1.54, 1.807) is 0 Å². The van der Waals surface area contributed by atoms with Gasteiger partial charge in [-0.05, 0) is 13.8 Å². The minimum atomic E-state index is 0.301. The maximum Gasteiger partial charge on any atom is 0.0216 e. The Hall–Kier alpha value is -0.120. The maximum atomic E-state index is 5.84. The Morgan fingerprint density at radius 3 is 2.25 bits per heavy atom. The van der Waals surface area contributed by atoms with Crippen LogP contribution in [0.2, 0.25) is 0 Å². The van der Waals surface area contributed by atoms with Crippen molar-refractivity contribution in [3.8, 4) is 0 Å². The lowest BCUT2D eigenvalue weighted by molar-refractivity contribution is -0.0646. The van der Waals surface area contributed by atoms with Crippen molar-refractivity contribution >= 4 is 0 Å². The van der Waals surface area contributed by atoms with E-state index >= 15 is 0 Å². The van der Waals surface area contributed by atoms with Crippen molar-refractivity contribution < 1.29 is 0 Å². The molecule has 2 rings (SSSR count). The summed E-state index contributed by atoms with van der Waals surface area (Å²) in [7, 11) is 0. The van der Waals surface area contributed by atoms with Crippen LogP contribution in [-0.4, -0.2) is 43.2 Å². The van der Waals surface area contributed by atoms with E-state index in [0.29, 0.717) is 17.5 Å². The SMILES string of the molecule is CC(N)[C@H](C)N1CC2(CNC2)C1. The Morgan fingerprint density at radius 2 is 1.92 bits per heavy atom. The second-order valence-electron chi connectivity index (χ2n) is 4.61. The van der Waals surface area contributed by atoms with Crippen molar-refractivity contribution in [1.82, 2.24) is 10.2 Å². The van der Waals surface area contributed by atoms with Crippen LogP contribution >= 0.6 is 0 Å². The molecule has 0 amide bonds. The molecular formula is C9H19N3. The van der Waals surface area contributed by atoms with Gasteiger partial charge < -0.3 is 11.1 Å². The lowest BCUT2D eigenvalue weighted by atomic mass is 9.73. The first-order chi connectivity index (χ1) is 5.63. The topological polar surface area (TPSA) is 41.3 Å². The van der Waals surface area contributed by atoms with Crippen LogP contribution < -0.4 is 11.1 Å². The van der Waals surface area contributed by atoms with Crippen LogP contribution in [0.25, 0.3) is 0 Å². The molecule has 0 radical (unpaired) electrons. The Bertz CT molecular complexity index is 167. The van der Waals surface area contributed by atoms with Gasteiger partial charge in [0.1, 0.15) is 0 Å². The standard InChI is InChI=1S/C9H19N3/c1-7(10)8(2)12-5-9(6-12)3-11-4-9/h7-8,11H,3-6,10H2,1-2H3/t7?,8-/m0/s1. The van der Waals surface area contributed by atoms with Crippen molar-refractivity contribution in [3.05, 3.63) is 0 Å². The van der Waals surface area contributed by atoms with Crippen LogP contribution in [0.1, 0.15) is 13.8 Å². The number of hydrogen-bond acceptors (Lipinski definition) is 3. The molecular weight excluding hydrogens is 150 g/mol. The molecule has 3 N–H and O–H groups in total. The number of likely N-dealkylation sites (tertiary alicyclic amines) is 1. The van der Waals surface area contributed by atoms with Gasteiger partial charge >= 0.3 is 0 Å². The van der Waals surface area contributed by atoms with Crippen molar-refractivity contribution in [2.75, 3.05) is 26.2 Å². The van der Waals surface area contributed by atoms with Gasteiger partial charge in [0.2, 0.25) is 0 Å². The first-order valence-corrected chi connectivity index (χ1v) is 4.83. The Labute approximate surface area is 74.3 Å². The summed E-state index contributed by atoms with van der Waals surface area (Å²) in [6.07, 6.45) is 0. The Balaban J connectivity index is 1.80. The zero-order valence-electron chi connectivity index (χ0n) is 8.01. The summed E-state index contributed by atoms with van der Waals surface area (Å²) in [6, 6.07) is 0.853. The van der Waals surface area contributed by atoms with E-state index in [0.717, 1.165) is 0 Å². The van der Waals surface area contributed by atoms with Crippen molar-refractivity contribution in [1.29, 1.82) is 0 Å². The fourth-order valence-corrected chi connectivity index (χ4v) is 2.14. The molecule has 0 aromatic rings. The smallest absolute Gasteiger partial charge is 0.0216 e. The highest BCUT2D eigenvalue weighted by Gasteiger charge is 2.48. The molecule has 2 atom stereocenters. The van der Waals surface area contributed by atoms with Crippen molar-refractivity contribution in [2.45, 2.75) is 25.9 Å².